The van der Waals surface area contributed by atoms with E-state index >= 15 is 0 Å². The fourth-order valence-electron chi connectivity index (χ4n) is 1.63. The largest absolute Gasteiger partial charge is 0.480 e. The Hall–Kier alpha value is -1.61. The third kappa shape index (κ3) is 5.57. The minimum absolute atomic E-state index is 0.0549. The number of aliphatic carboxylic acids is 1. The van der Waals surface area contributed by atoms with E-state index in [4.69, 9.17) is 10.8 Å². The maximum Gasteiger partial charge on any atom is 0.321 e. The van der Waals surface area contributed by atoms with Gasteiger partial charge in [-0.05, 0) is 6.42 Å². The van der Waals surface area contributed by atoms with Crippen LogP contribution in [0.4, 0.5) is 0 Å². The van der Waals surface area contributed by atoms with Crippen molar-refractivity contribution in [2.45, 2.75) is 18.9 Å². The maximum atomic E-state index is 11.5. The first kappa shape index (κ1) is 16.4. The van der Waals surface area contributed by atoms with Crippen LogP contribution in [0.2, 0.25) is 0 Å². The number of nitrogens with two attached hydrogens (primary N) is 1. The zero-order valence-electron chi connectivity index (χ0n) is 10.8. The van der Waals surface area contributed by atoms with Crippen LogP contribution in [0, 0.1) is 0 Å². The average Bonchev–Trinajstić information content (AvgIpc) is 2.74. The van der Waals surface area contributed by atoms with E-state index in [1.165, 1.54) is 4.90 Å². The molecule has 8 nitrogen and oxygen atoms in total. The molecule has 9 heteroatoms. The maximum absolute atomic E-state index is 11.5. The number of carboxylic acid groups (broad SMARTS) is 1. The number of likely N-dealkylation sites (tertiary alicyclic amines) is 1. The summed E-state index contributed by atoms with van der Waals surface area (Å²) in [5.74, 6) is -2.25. The van der Waals surface area contributed by atoms with Crippen LogP contribution in [0.1, 0.15) is 12.8 Å². The Bertz CT molecular complexity index is 415. The lowest BCUT2D eigenvalue weighted by Gasteiger charge is -2.14. The van der Waals surface area contributed by atoms with Gasteiger partial charge < -0.3 is 15.7 Å². The molecule has 4 N–H and O–H groups in total. The topological polar surface area (TPSA) is 130 Å². The highest BCUT2D eigenvalue weighted by atomic mass is 32.2. The number of imide groups is 1. The van der Waals surface area contributed by atoms with Crippen molar-refractivity contribution in [3.63, 3.8) is 0 Å². The second kappa shape index (κ2) is 7.85. The summed E-state index contributed by atoms with van der Waals surface area (Å²) in [5.41, 5.74) is 5.26. The molecule has 0 aromatic carbocycles. The van der Waals surface area contributed by atoms with Crippen molar-refractivity contribution in [2.75, 3.05) is 24.6 Å². The molecule has 3 amide bonds. The lowest BCUT2D eigenvalue weighted by atomic mass is 10.4. The molecule has 1 heterocycles. The van der Waals surface area contributed by atoms with Gasteiger partial charge in [0, 0.05) is 18.7 Å². The summed E-state index contributed by atoms with van der Waals surface area (Å²) in [5, 5.41) is 10.7. The number of carbonyl (C=O) groups is 4. The number of hydrogen-bond donors (Lipinski definition) is 3. The Labute approximate surface area is 120 Å². The van der Waals surface area contributed by atoms with Crippen molar-refractivity contribution < 1.29 is 24.3 Å². The molecule has 1 rings (SSSR count). The third-order valence-electron chi connectivity index (χ3n) is 2.63. The molecule has 1 unspecified atom stereocenters. The van der Waals surface area contributed by atoms with Crippen LogP contribution in [0.3, 0.4) is 0 Å². The predicted molar refractivity (Wildman–Crippen MR) is 71.9 cm³/mol. The van der Waals surface area contributed by atoms with Crippen molar-refractivity contribution in [1.82, 2.24) is 10.2 Å². The Morgan fingerprint density at radius 1 is 1.40 bits per heavy atom. The van der Waals surface area contributed by atoms with E-state index in [1.54, 1.807) is 0 Å². The Balaban J connectivity index is 2.19. The molecule has 1 saturated heterocycles. The highest BCUT2D eigenvalue weighted by Gasteiger charge is 2.23. The molecule has 1 aliphatic rings. The van der Waals surface area contributed by atoms with Gasteiger partial charge >= 0.3 is 5.97 Å². The van der Waals surface area contributed by atoms with Crippen LogP contribution in [0.15, 0.2) is 0 Å². The van der Waals surface area contributed by atoms with E-state index in [1.807, 2.05) is 0 Å². The van der Waals surface area contributed by atoms with Crippen LogP contribution in [-0.2, 0) is 19.2 Å². The van der Waals surface area contributed by atoms with Crippen LogP contribution >= 0.6 is 11.8 Å². The van der Waals surface area contributed by atoms with Crippen molar-refractivity contribution in [2.24, 2.45) is 5.73 Å². The second-order valence-corrected chi connectivity index (χ2v) is 5.38. The number of nitrogens with zero attached hydrogens (tertiary/aromatic N) is 1. The standard InChI is InChI=1S/C11H17N3O5S/c12-7(11(18)19)5-20-6-9(16)13-8(15)4-14-3-1-2-10(14)17/h7H,1-6,12H2,(H,18,19)(H,13,15,16). The molecular formula is C11H17N3O5S. The van der Waals surface area contributed by atoms with E-state index in [0.717, 1.165) is 18.2 Å². The quantitative estimate of drug-likeness (QED) is 0.516. The zero-order valence-corrected chi connectivity index (χ0v) is 11.6. The van der Waals surface area contributed by atoms with Crippen LogP contribution < -0.4 is 11.1 Å². The summed E-state index contributed by atoms with van der Waals surface area (Å²) in [6, 6.07) is -1.04. The van der Waals surface area contributed by atoms with Crippen molar-refractivity contribution in [3.05, 3.63) is 0 Å². The zero-order chi connectivity index (χ0) is 15.1. The van der Waals surface area contributed by atoms with Gasteiger partial charge in [0.15, 0.2) is 0 Å². The van der Waals surface area contributed by atoms with E-state index in [-0.39, 0.29) is 24.0 Å². The molecule has 20 heavy (non-hydrogen) atoms. The van der Waals surface area contributed by atoms with Gasteiger partial charge in [-0.3, -0.25) is 24.5 Å². The Morgan fingerprint density at radius 3 is 2.65 bits per heavy atom. The highest BCUT2D eigenvalue weighted by molar-refractivity contribution is 8.00. The van der Waals surface area contributed by atoms with Gasteiger partial charge in [-0.25, -0.2) is 0 Å². The van der Waals surface area contributed by atoms with Crippen LogP contribution in [-0.4, -0.2) is 64.3 Å². The van der Waals surface area contributed by atoms with Gasteiger partial charge in [-0.1, -0.05) is 0 Å². The van der Waals surface area contributed by atoms with E-state index in [9.17, 15) is 19.2 Å². The molecule has 0 spiro atoms. The fraction of sp³-hybridized carbons (Fsp3) is 0.636. The molecule has 0 aliphatic carbocycles. The first-order valence-corrected chi connectivity index (χ1v) is 7.22. The Morgan fingerprint density at radius 2 is 2.10 bits per heavy atom. The minimum atomic E-state index is -1.14. The number of hydrogen-bond acceptors (Lipinski definition) is 6. The predicted octanol–water partition coefficient (Wildman–Crippen LogP) is -1.60. The van der Waals surface area contributed by atoms with E-state index in [0.29, 0.717) is 13.0 Å². The van der Waals surface area contributed by atoms with Gasteiger partial charge in [-0.15, -0.1) is 11.8 Å². The van der Waals surface area contributed by atoms with Gasteiger partial charge in [0.1, 0.15) is 6.04 Å². The number of rotatable bonds is 7. The summed E-state index contributed by atoms with van der Waals surface area (Å²) < 4.78 is 0. The monoisotopic (exact) mass is 303 g/mol. The van der Waals surface area contributed by atoms with Gasteiger partial charge in [-0.2, -0.15) is 0 Å². The molecule has 0 bridgehead atoms. The smallest absolute Gasteiger partial charge is 0.321 e. The summed E-state index contributed by atoms with van der Waals surface area (Å²) in [7, 11) is 0. The van der Waals surface area contributed by atoms with Crippen LogP contribution in [0.25, 0.3) is 0 Å². The third-order valence-corrected chi connectivity index (χ3v) is 3.69. The molecule has 0 aromatic rings. The first-order chi connectivity index (χ1) is 9.40. The normalized spacial score (nSPS) is 16.1. The number of carbonyl (C=O) groups excluding carboxylic acids is 3. The fourth-order valence-corrected chi connectivity index (χ4v) is 2.40. The summed E-state index contributed by atoms with van der Waals surface area (Å²) in [6.45, 7) is 0.409. The lowest BCUT2D eigenvalue weighted by Crippen LogP contribution is -2.41. The van der Waals surface area contributed by atoms with Crippen LogP contribution in [0.5, 0.6) is 0 Å². The van der Waals surface area contributed by atoms with Crippen molar-refractivity contribution in [1.29, 1.82) is 0 Å². The highest BCUT2D eigenvalue weighted by Crippen LogP contribution is 2.08. The second-order valence-electron chi connectivity index (χ2n) is 4.35. The number of thioether (sulfide) groups is 1. The van der Waals surface area contributed by atoms with Gasteiger partial charge in [0.05, 0.1) is 12.3 Å². The number of nitrogens with one attached hydrogen (secondary N) is 1. The summed E-state index contributed by atoms with van der Waals surface area (Å²) >= 11 is 1.03. The van der Waals surface area contributed by atoms with Crippen molar-refractivity contribution in [3.8, 4) is 0 Å². The first-order valence-electron chi connectivity index (χ1n) is 6.06. The van der Waals surface area contributed by atoms with Crippen molar-refractivity contribution >= 4 is 35.5 Å². The molecule has 1 aliphatic heterocycles. The van der Waals surface area contributed by atoms with Gasteiger partial charge in [0.25, 0.3) is 0 Å². The molecule has 112 valence electrons. The molecule has 1 atom stereocenters. The van der Waals surface area contributed by atoms with E-state index < -0.39 is 23.8 Å². The lowest BCUT2D eigenvalue weighted by molar-refractivity contribution is -0.138. The summed E-state index contributed by atoms with van der Waals surface area (Å²) in [6.07, 6.45) is 1.16. The minimum Gasteiger partial charge on any atom is -0.480 e. The molecule has 0 aromatic heterocycles. The Kier molecular flexibility index (Phi) is 6.46. The molecular weight excluding hydrogens is 286 g/mol. The number of carboxylic acids is 1. The van der Waals surface area contributed by atoms with E-state index in [2.05, 4.69) is 5.32 Å². The summed E-state index contributed by atoms with van der Waals surface area (Å²) in [4.78, 5) is 46.1. The molecule has 0 saturated carbocycles. The molecule has 1 fully saturated rings. The SMILES string of the molecule is NC(CSCC(=O)NC(=O)CN1CCCC1=O)C(=O)O. The number of amides is 3. The molecule has 0 radical (unpaired) electrons. The van der Waals surface area contributed by atoms with Gasteiger partial charge in [0.2, 0.25) is 17.7 Å². The average molecular weight is 303 g/mol.